The van der Waals surface area contributed by atoms with Crippen molar-refractivity contribution in [3.63, 3.8) is 0 Å². The van der Waals surface area contributed by atoms with Gasteiger partial charge in [-0.15, -0.1) is 36.2 Å². The summed E-state index contributed by atoms with van der Waals surface area (Å²) in [5, 5.41) is 1.86. The number of methoxy groups -OCH3 is 1. The molecule has 0 N–H and O–H groups in total. The first-order valence-corrected chi connectivity index (χ1v) is 9.56. The molecule has 0 saturated heterocycles. The first-order chi connectivity index (χ1) is 13.3. The van der Waals surface area contributed by atoms with Crippen molar-refractivity contribution in [1.82, 2.24) is 4.98 Å². The van der Waals surface area contributed by atoms with Gasteiger partial charge >= 0.3 is 5.97 Å². The number of pyridine rings is 1. The second kappa shape index (κ2) is 10.4. The van der Waals surface area contributed by atoms with Crippen LogP contribution in [0.15, 0.2) is 63.1 Å². The summed E-state index contributed by atoms with van der Waals surface area (Å²) < 4.78 is 10.8. The number of carbonyl (C=O) groups is 1. The Balaban J connectivity index is 0.00000150. The quantitative estimate of drug-likeness (QED) is 0.478. The maximum absolute atomic E-state index is 11.9. The standard InChI is InChI=1S/C21H18N2O3S.2ClH/c1-25-21(24)20-17(8-11-27-20)18-7-6-16(26-18)12-14-4-3-10-23-19(14)15-5-2-9-22-13-15;;/h2,5-9,11-13H,3-4,10H2,1H3;2*1H/b14-12+;;. The summed E-state index contributed by atoms with van der Waals surface area (Å²) in [4.78, 5) is 21.3. The van der Waals surface area contributed by atoms with Crippen LogP contribution in [-0.4, -0.2) is 30.3 Å². The first kappa shape index (κ1) is 22.9. The summed E-state index contributed by atoms with van der Waals surface area (Å²) in [5.41, 5.74) is 3.87. The lowest BCUT2D eigenvalue weighted by Gasteiger charge is -2.15. The van der Waals surface area contributed by atoms with Crippen LogP contribution in [0, 0.1) is 0 Å². The number of hydrogen-bond acceptors (Lipinski definition) is 6. The molecular weight excluding hydrogens is 431 g/mol. The molecule has 152 valence electrons. The van der Waals surface area contributed by atoms with E-state index in [0.717, 1.165) is 47.6 Å². The fraction of sp³-hybridized carbons (Fsp3) is 0.190. The lowest BCUT2D eigenvalue weighted by molar-refractivity contribution is 0.0607. The number of esters is 1. The first-order valence-electron chi connectivity index (χ1n) is 8.68. The number of carbonyl (C=O) groups excluding carboxylic acids is 1. The number of furan rings is 1. The minimum atomic E-state index is -0.352. The van der Waals surface area contributed by atoms with Crippen LogP contribution in [0.5, 0.6) is 0 Å². The van der Waals surface area contributed by atoms with Gasteiger partial charge in [-0.25, -0.2) is 4.79 Å². The molecule has 0 unspecified atom stereocenters. The minimum absolute atomic E-state index is 0. The van der Waals surface area contributed by atoms with Crippen LogP contribution >= 0.6 is 36.2 Å². The zero-order valence-electron chi connectivity index (χ0n) is 15.7. The monoisotopic (exact) mass is 450 g/mol. The third kappa shape index (κ3) is 4.96. The van der Waals surface area contributed by atoms with Gasteiger partial charge < -0.3 is 9.15 Å². The second-order valence-corrected chi connectivity index (χ2v) is 7.02. The van der Waals surface area contributed by atoms with E-state index in [1.54, 1.807) is 6.20 Å². The van der Waals surface area contributed by atoms with Crippen molar-refractivity contribution in [1.29, 1.82) is 0 Å². The molecule has 0 bridgehead atoms. The van der Waals surface area contributed by atoms with Crippen LogP contribution in [0.1, 0.15) is 33.8 Å². The van der Waals surface area contributed by atoms with E-state index in [-0.39, 0.29) is 30.8 Å². The zero-order valence-corrected chi connectivity index (χ0v) is 18.1. The number of aromatic nitrogens is 1. The van der Waals surface area contributed by atoms with Crippen molar-refractivity contribution in [3.05, 3.63) is 69.9 Å². The van der Waals surface area contributed by atoms with E-state index in [9.17, 15) is 4.79 Å². The maximum Gasteiger partial charge on any atom is 0.348 e. The highest BCUT2D eigenvalue weighted by atomic mass is 35.5. The van der Waals surface area contributed by atoms with E-state index in [2.05, 4.69) is 9.98 Å². The molecule has 0 saturated carbocycles. The number of halogens is 2. The molecule has 29 heavy (non-hydrogen) atoms. The van der Waals surface area contributed by atoms with Gasteiger partial charge in [-0.2, -0.15) is 0 Å². The van der Waals surface area contributed by atoms with Gasteiger partial charge in [-0.1, -0.05) is 0 Å². The van der Waals surface area contributed by atoms with Crippen LogP contribution in [0.2, 0.25) is 0 Å². The molecule has 1 aliphatic heterocycles. The van der Waals surface area contributed by atoms with Gasteiger partial charge in [0.15, 0.2) is 0 Å². The Bertz CT molecular complexity index is 1030. The Morgan fingerprint density at radius 3 is 2.86 bits per heavy atom. The molecular formula is C21H20Cl2N2O3S. The molecule has 0 amide bonds. The van der Waals surface area contributed by atoms with Crippen LogP contribution in [-0.2, 0) is 4.74 Å². The smallest absolute Gasteiger partial charge is 0.348 e. The third-order valence-electron chi connectivity index (χ3n) is 4.36. The Morgan fingerprint density at radius 2 is 2.10 bits per heavy atom. The number of hydrogen-bond donors (Lipinski definition) is 0. The molecule has 0 spiro atoms. The van der Waals surface area contributed by atoms with Gasteiger partial charge in [-0.3, -0.25) is 9.98 Å². The molecule has 8 heteroatoms. The summed E-state index contributed by atoms with van der Waals surface area (Å²) in [6.07, 6.45) is 7.57. The summed E-state index contributed by atoms with van der Waals surface area (Å²) in [5.74, 6) is 1.04. The SMILES string of the molecule is COC(=O)c1sccc1-c1ccc(/C=C2\CCCN=C2c2cccnc2)o1.Cl.Cl. The molecule has 0 aliphatic carbocycles. The predicted molar refractivity (Wildman–Crippen MR) is 121 cm³/mol. The van der Waals surface area contributed by atoms with Crippen LogP contribution in [0.4, 0.5) is 0 Å². The van der Waals surface area contributed by atoms with Gasteiger partial charge in [0.2, 0.25) is 0 Å². The van der Waals surface area contributed by atoms with E-state index in [0.29, 0.717) is 10.6 Å². The molecule has 0 atom stereocenters. The average molecular weight is 451 g/mol. The van der Waals surface area contributed by atoms with E-state index in [4.69, 9.17) is 9.15 Å². The van der Waals surface area contributed by atoms with Crippen LogP contribution in [0.25, 0.3) is 17.4 Å². The number of thiophene rings is 1. The van der Waals surface area contributed by atoms with E-state index in [1.165, 1.54) is 18.4 Å². The van der Waals surface area contributed by atoms with Gasteiger partial charge in [0.1, 0.15) is 16.4 Å². The second-order valence-electron chi connectivity index (χ2n) is 6.10. The normalized spacial score (nSPS) is 14.5. The molecule has 4 heterocycles. The highest BCUT2D eigenvalue weighted by molar-refractivity contribution is 7.12. The molecule has 3 aromatic rings. The van der Waals surface area contributed by atoms with Crippen molar-refractivity contribution in [2.45, 2.75) is 12.8 Å². The van der Waals surface area contributed by atoms with Gasteiger partial charge in [-0.05, 0) is 60.2 Å². The topological polar surface area (TPSA) is 64.7 Å². The molecule has 0 aromatic carbocycles. The van der Waals surface area contributed by atoms with Crippen molar-refractivity contribution in [2.24, 2.45) is 4.99 Å². The summed E-state index contributed by atoms with van der Waals surface area (Å²) in [6, 6.07) is 9.60. The summed E-state index contributed by atoms with van der Waals surface area (Å²) >= 11 is 1.34. The lowest BCUT2D eigenvalue weighted by Crippen LogP contribution is -2.11. The highest BCUT2D eigenvalue weighted by Gasteiger charge is 2.18. The highest BCUT2D eigenvalue weighted by Crippen LogP contribution is 2.31. The molecule has 0 radical (unpaired) electrons. The van der Waals surface area contributed by atoms with Crippen LogP contribution in [0.3, 0.4) is 0 Å². The van der Waals surface area contributed by atoms with Gasteiger partial charge in [0, 0.05) is 30.1 Å². The molecule has 1 aliphatic rings. The number of aliphatic imine (C=N–C) groups is 1. The van der Waals surface area contributed by atoms with E-state index in [1.807, 2.05) is 48.0 Å². The van der Waals surface area contributed by atoms with Crippen molar-refractivity contribution >= 4 is 53.9 Å². The maximum atomic E-state index is 11.9. The minimum Gasteiger partial charge on any atom is -0.465 e. The number of ether oxygens (including phenoxy) is 1. The third-order valence-corrected chi connectivity index (χ3v) is 5.25. The van der Waals surface area contributed by atoms with E-state index >= 15 is 0 Å². The van der Waals surface area contributed by atoms with Crippen molar-refractivity contribution in [2.75, 3.05) is 13.7 Å². The predicted octanol–water partition coefficient (Wildman–Crippen LogP) is 5.70. The average Bonchev–Trinajstić information content (AvgIpc) is 3.38. The summed E-state index contributed by atoms with van der Waals surface area (Å²) in [7, 11) is 1.38. The zero-order chi connectivity index (χ0) is 18.6. The molecule has 3 aromatic heterocycles. The fourth-order valence-electron chi connectivity index (χ4n) is 3.10. The lowest BCUT2D eigenvalue weighted by atomic mass is 9.96. The Hall–Kier alpha value is -2.41. The number of allylic oxidation sites excluding steroid dienone is 1. The number of nitrogens with zero attached hydrogens (tertiary/aromatic N) is 2. The van der Waals surface area contributed by atoms with Crippen LogP contribution < -0.4 is 0 Å². The van der Waals surface area contributed by atoms with E-state index < -0.39 is 0 Å². The Kier molecular flexibility index (Phi) is 8.20. The molecule has 0 fully saturated rings. The Labute approximate surface area is 185 Å². The van der Waals surface area contributed by atoms with Gasteiger partial charge in [0.05, 0.1) is 12.8 Å². The summed E-state index contributed by atoms with van der Waals surface area (Å²) in [6.45, 7) is 0.822. The van der Waals surface area contributed by atoms with Crippen molar-refractivity contribution < 1.29 is 13.9 Å². The van der Waals surface area contributed by atoms with Crippen molar-refractivity contribution in [3.8, 4) is 11.3 Å². The fourth-order valence-corrected chi connectivity index (χ4v) is 3.92. The Morgan fingerprint density at radius 1 is 1.24 bits per heavy atom. The largest absolute Gasteiger partial charge is 0.465 e. The molecule has 4 rings (SSSR count). The number of rotatable bonds is 4. The van der Waals surface area contributed by atoms with Gasteiger partial charge in [0.25, 0.3) is 0 Å². The molecule has 5 nitrogen and oxygen atoms in total.